The summed E-state index contributed by atoms with van der Waals surface area (Å²) in [6, 6.07) is 0. The number of ether oxygens (including phenoxy) is 7. The molecule has 0 amide bonds. The van der Waals surface area contributed by atoms with Gasteiger partial charge in [0.15, 0.2) is 30.4 Å². The SMILES string of the molecule is CC(=O)OC[C@H]1O[C@@H]2OC(C)(O[C@H]3CC[C@@]4(C)C(=CC[C@@H]5[C@@H]4CC[C@]4(C)C(C(C)=O)=CC[C@@H]54)C3)O[C@@H]2[C@@H](OC(C)=O)[C@@H]1OC(C)=O. The van der Waals surface area contributed by atoms with Crippen LogP contribution in [0.5, 0.6) is 0 Å². The Morgan fingerprint density at radius 3 is 2.20 bits per heavy atom. The molecule has 4 fully saturated rings. The van der Waals surface area contributed by atoms with Gasteiger partial charge in [-0.2, -0.15) is 0 Å². The maximum Gasteiger partial charge on any atom is 0.303 e. The highest BCUT2D eigenvalue weighted by atomic mass is 16.9. The Hall–Kier alpha value is -2.60. The number of rotatable bonds is 7. The van der Waals surface area contributed by atoms with Gasteiger partial charge in [0, 0.05) is 27.7 Å². The van der Waals surface area contributed by atoms with Crippen molar-refractivity contribution < 1.29 is 52.3 Å². The Labute approximate surface area is 270 Å². The van der Waals surface area contributed by atoms with E-state index in [1.54, 1.807) is 13.8 Å². The lowest BCUT2D eigenvalue weighted by Gasteiger charge is -2.58. The molecule has 254 valence electrons. The zero-order valence-corrected chi connectivity index (χ0v) is 28.0. The maximum atomic E-state index is 12.5. The second kappa shape index (κ2) is 12.1. The minimum Gasteiger partial charge on any atom is -0.463 e. The molecule has 2 saturated carbocycles. The fourth-order valence-corrected chi connectivity index (χ4v) is 9.78. The van der Waals surface area contributed by atoms with Crippen LogP contribution in [0, 0.1) is 28.6 Å². The maximum absolute atomic E-state index is 12.5. The molecule has 0 radical (unpaired) electrons. The molecule has 46 heavy (non-hydrogen) atoms. The summed E-state index contributed by atoms with van der Waals surface area (Å²) < 4.78 is 41.4. The monoisotopic (exact) mass is 644 g/mol. The summed E-state index contributed by atoms with van der Waals surface area (Å²) in [4.78, 5) is 48.2. The third kappa shape index (κ3) is 5.86. The van der Waals surface area contributed by atoms with E-state index >= 15 is 0 Å². The molecule has 6 aliphatic rings. The van der Waals surface area contributed by atoms with Crippen LogP contribution in [-0.2, 0) is 52.3 Å². The molecular weight excluding hydrogens is 596 g/mol. The average molecular weight is 645 g/mol. The van der Waals surface area contributed by atoms with Crippen molar-refractivity contribution in [2.75, 3.05) is 6.61 Å². The molecule has 0 aromatic rings. The summed E-state index contributed by atoms with van der Waals surface area (Å²) in [6.07, 6.45) is 6.03. The third-order valence-corrected chi connectivity index (χ3v) is 11.7. The van der Waals surface area contributed by atoms with E-state index in [0.717, 1.165) is 50.5 Å². The van der Waals surface area contributed by atoms with Crippen molar-refractivity contribution in [3.8, 4) is 0 Å². The van der Waals surface area contributed by atoms with Gasteiger partial charge in [-0.1, -0.05) is 31.6 Å². The molecule has 12 atom stereocenters. The van der Waals surface area contributed by atoms with Gasteiger partial charge in [-0.05, 0) is 86.0 Å². The number of ketones is 1. The number of carbonyl (C=O) groups is 4. The summed E-state index contributed by atoms with van der Waals surface area (Å²) in [5, 5.41) is 0. The van der Waals surface area contributed by atoms with Gasteiger partial charge in [-0.3, -0.25) is 23.9 Å². The van der Waals surface area contributed by atoms with Crippen LogP contribution >= 0.6 is 0 Å². The zero-order chi connectivity index (χ0) is 33.2. The molecule has 0 aromatic heterocycles. The third-order valence-electron chi connectivity index (χ3n) is 11.7. The summed E-state index contributed by atoms with van der Waals surface area (Å²) in [7, 11) is 0. The van der Waals surface area contributed by atoms with Crippen molar-refractivity contribution in [3.05, 3.63) is 23.3 Å². The fourth-order valence-electron chi connectivity index (χ4n) is 9.78. The molecule has 11 heteroatoms. The van der Waals surface area contributed by atoms with Gasteiger partial charge in [0.2, 0.25) is 0 Å². The van der Waals surface area contributed by atoms with Crippen LogP contribution < -0.4 is 0 Å². The molecule has 0 bridgehead atoms. The fraction of sp³-hybridized carbons (Fsp3) is 0.771. The van der Waals surface area contributed by atoms with Crippen LogP contribution in [0.3, 0.4) is 0 Å². The van der Waals surface area contributed by atoms with E-state index in [0.29, 0.717) is 17.8 Å². The van der Waals surface area contributed by atoms with Crippen LogP contribution in [-0.4, -0.2) is 73.1 Å². The van der Waals surface area contributed by atoms with E-state index < -0.39 is 54.6 Å². The van der Waals surface area contributed by atoms with Crippen LogP contribution in [0.15, 0.2) is 23.3 Å². The Kier molecular flexibility index (Phi) is 8.78. The largest absolute Gasteiger partial charge is 0.463 e. The highest BCUT2D eigenvalue weighted by molar-refractivity contribution is 5.95. The lowest BCUT2D eigenvalue weighted by Crippen LogP contribution is -2.60. The second-order valence-corrected chi connectivity index (χ2v) is 14.7. The molecule has 6 rings (SSSR count). The van der Waals surface area contributed by atoms with Gasteiger partial charge >= 0.3 is 17.9 Å². The molecule has 0 spiro atoms. The van der Waals surface area contributed by atoms with Crippen molar-refractivity contribution in [3.63, 3.8) is 0 Å². The van der Waals surface area contributed by atoms with Crippen molar-refractivity contribution >= 4 is 23.7 Å². The molecule has 4 aliphatic carbocycles. The smallest absolute Gasteiger partial charge is 0.303 e. The van der Waals surface area contributed by atoms with Crippen LogP contribution in [0.25, 0.3) is 0 Å². The highest BCUT2D eigenvalue weighted by Gasteiger charge is 2.61. The van der Waals surface area contributed by atoms with Gasteiger partial charge in [0.1, 0.15) is 12.7 Å². The quantitative estimate of drug-likeness (QED) is 0.217. The molecule has 2 heterocycles. The van der Waals surface area contributed by atoms with E-state index in [1.165, 1.54) is 26.3 Å². The number of hydrogen-bond donors (Lipinski definition) is 0. The first-order valence-corrected chi connectivity index (χ1v) is 16.7. The van der Waals surface area contributed by atoms with Gasteiger partial charge in [-0.15, -0.1) is 0 Å². The molecule has 0 N–H and O–H groups in total. The van der Waals surface area contributed by atoms with Gasteiger partial charge in [0.25, 0.3) is 5.97 Å². The number of esters is 3. The average Bonchev–Trinajstić information content (AvgIpc) is 3.49. The van der Waals surface area contributed by atoms with Crippen molar-refractivity contribution in [1.82, 2.24) is 0 Å². The van der Waals surface area contributed by atoms with Crippen LogP contribution in [0.2, 0.25) is 0 Å². The van der Waals surface area contributed by atoms with E-state index in [2.05, 4.69) is 26.0 Å². The van der Waals surface area contributed by atoms with Crippen molar-refractivity contribution in [2.45, 2.75) is 136 Å². The first-order valence-electron chi connectivity index (χ1n) is 16.7. The second-order valence-electron chi connectivity index (χ2n) is 14.7. The standard InChI is InChI=1S/C35H48O11/c1-18(36)25-10-11-26-24-9-8-22-16-23(12-14-33(22,5)27(24)13-15-34(25,26)6)44-35(7)45-31-30(42-21(4)39)29(41-20(3)38)28(17-40-19(2)37)43-32(31)46-35/h8,10,23-24,26-32H,9,11-17H2,1-7H3/t23-,24-,26-,27-,28+,29+,30-,31+,32+,33-,34+,35?/m0/s1. The first-order chi connectivity index (χ1) is 21.6. The molecule has 0 aromatic carbocycles. The van der Waals surface area contributed by atoms with E-state index in [-0.39, 0.29) is 29.3 Å². The van der Waals surface area contributed by atoms with Crippen molar-refractivity contribution in [2.24, 2.45) is 28.6 Å². The lowest BCUT2D eigenvalue weighted by atomic mass is 9.47. The number of carbonyl (C=O) groups excluding carboxylic acids is 4. The summed E-state index contributed by atoms with van der Waals surface area (Å²) in [6.45, 7) is 11.6. The lowest BCUT2D eigenvalue weighted by molar-refractivity contribution is -0.360. The topological polar surface area (TPSA) is 133 Å². The molecule has 2 saturated heterocycles. The highest BCUT2D eigenvalue weighted by Crippen LogP contribution is 2.65. The van der Waals surface area contributed by atoms with Crippen molar-refractivity contribution in [1.29, 1.82) is 0 Å². The first kappa shape index (κ1) is 33.3. The number of allylic oxidation sites excluding steroid dienone is 3. The van der Waals surface area contributed by atoms with Gasteiger partial charge in [0.05, 0.1) is 6.10 Å². The molecule has 2 aliphatic heterocycles. The predicted molar refractivity (Wildman–Crippen MR) is 161 cm³/mol. The van der Waals surface area contributed by atoms with E-state index in [1.807, 2.05) is 0 Å². The van der Waals surface area contributed by atoms with Crippen LogP contribution in [0.4, 0.5) is 0 Å². The van der Waals surface area contributed by atoms with Gasteiger partial charge < -0.3 is 28.4 Å². The minimum atomic E-state index is -1.52. The Morgan fingerprint density at radius 1 is 0.826 bits per heavy atom. The summed E-state index contributed by atoms with van der Waals surface area (Å²) >= 11 is 0. The summed E-state index contributed by atoms with van der Waals surface area (Å²) in [5.74, 6) is -1.44. The predicted octanol–water partition coefficient (Wildman–Crippen LogP) is 4.70. The number of fused-ring (bicyclic) bond motifs is 6. The normalized spacial score (nSPS) is 44.4. The Balaban J connectivity index is 1.16. The molecule has 1 unspecified atom stereocenters. The summed E-state index contributed by atoms with van der Waals surface area (Å²) in [5.41, 5.74) is 2.50. The number of Topliss-reactive ketones (excluding diaryl/α,β-unsaturated/α-hetero) is 1. The molecular formula is C35H48O11. The number of hydrogen-bond acceptors (Lipinski definition) is 11. The van der Waals surface area contributed by atoms with Gasteiger partial charge in [-0.25, -0.2) is 0 Å². The minimum absolute atomic E-state index is 0.0186. The van der Waals surface area contributed by atoms with E-state index in [4.69, 9.17) is 33.2 Å². The van der Waals surface area contributed by atoms with E-state index in [9.17, 15) is 19.2 Å². The Morgan fingerprint density at radius 2 is 1.52 bits per heavy atom. The Bertz CT molecular complexity index is 1340. The molecule has 11 nitrogen and oxygen atoms in total. The zero-order valence-electron chi connectivity index (χ0n) is 28.0. The van der Waals surface area contributed by atoms with Crippen LogP contribution in [0.1, 0.15) is 93.4 Å².